The van der Waals surface area contributed by atoms with E-state index in [0.717, 1.165) is 16.3 Å². The molecule has 8 heteroatoms. The van der Waals surface area contributed by atoms with Gasteiger partial charge in [0.15, 0.2) is 22.1 Å². The highest BCUT2D eigenvalue weighted by atomic mass is 32.1. The van der Waals surface area contributed by atoms with E-state index >= 15 is 0 Å². The lowest BCUT2D eigenvalue weighted by atomic mass is 9.89. The Morgan fingerprint density at radius 3 is 2.68 bits per heavy atom. The van der Waals surface area contributed by atoms with Crippen LogP contribution in [0, 0.1) is 0 Å². The number of carbonyl (C=O) groups excluding carboxylic acids is 1. The molecular weight excluding hydrogens is 488 g/mol. The fourth-order valence-corrected chi connectivity index (χ4v) is 5.87. The topological polar surface area (TPSA) is 90.1 Å². The Morgan fingerprint density at radius 2 is 1.95 bits per heavy atom. The maximum atomic E-state index is 13.9. The second-order valence-electron chi connectivity index (χ2n) is 8.70. The maximum Gasteiger partial charge on any atom is 0.271 e. The SMILES string of the molecule is CCOc1cc(C=c2sc3n(c2=O)[C@H](c2c(OC)ccc4ccccc24)C(C(C)=O)=C(C)N=3)ccc1O. The van der Waals surface area contributed by atoms with Crippen molar-refractivity contribution >= 4 is 34.0 Å². The van der Waals surface area contributed by atoms with Gasteiger partial charge in [0.25, 0.3) is 5.56 Å². The summed E-state index contributed by atoms with van der Waals surface area (Å²) in [5.41, 5.74) is 2.21. The van der Waals surface area contributed by atoms with Crippen LogP contribution in [-0.2, 0) is 4.79 Å². The molecule has 188 valence electrons. The molecule has 1 atom stereocenters. The van der Waals surface area contributed by atoms with Crippen molar-refractivity contribution in [3.05, 3.63) is 96.7 Å². The summed E-state index contributed by atoms with van der Waals surface area (Å²) >= 11 is 1.25. The Morgan fingerprint density at radius 1 is 1.16 bits per heavy atom. The molecule has 1 N–H and O–H groups in total. The molecule has 5 rings (SSSR count). The number of aromatic hydroxyl groups is 1. The number of methoxy groups -OCH3 is 1. The highest BCUT2D eigenvalue weighted by Crippen LogP contribution is 2.40. The zero-order valence-corrected chi connectivity index (χ0v) is 21.8. The van der Waals surface area contributed by atoms with E-state index in [1.165, 1.54) is 24.3 Å². The first-order valence-corrected chi connectivity index (χ1v) is 12.7. The summed E-state index contributed by atoms with van der Waals surface area (Å²) in [4.78, 5) is 32.0. The number of ether oxygens (including phenoxy) is 2. The van der Waals surface area contributed by atoms with Crippen LogP contribution in [0.1, 0.15) is 37.9 Å². The Balaban J connectivity index is 1.81. The van der Waals surface area contributed by atoms with Gasteiger partial charge in [-0.05, 0) is 61.4 Å². The van der Waals surface area contributed by atoms with Gasteiger partial charge in [0.05, 0.1) is 24.3 Å². The summed E-state index contributed by atoms with van der Waals surface area (Å²) in [6.45, 7) is 5.53. The normalized spacial score (nSPS) is 15.5. The fraction of sp³-hybridized carbons (Fsp3) is 0.207. The van der Waals surface area contributed by atoms with E-state index in [-0.39, 0.29) is 17.1 Å². The molecule has 0 saturated carbocycles. The van der Waals surface area contributed by atoms with E-state index < -0.39 is 6.04 Å². The first kappa shape index (κ1) is 24.5. The van der Waals surface area contributed by atoms with Crippen LogP contribution >= 0.6 is 11.3 Å². The van der Waals surface area contributed by atoms with Gasteiger partial charge in [0, 0.05) is 16.8 Å². The quantitative estimate of drug-likeness (QED) is 0.419. The number of phenols is 1. The molecule has 4 aromatic rings. The molecule has 1 aromatic heterocycles. The number of fused-ring (bicyclic) bond motifs is 2. The Bertz CT molecular complexity index is 1760. The van der Waals surface area contributed by atoms with Crippen molar-refractivity contribution < 1.29 is 19.4 Å². The van der Waals surface area contributed by atoms with Crippen LogP contribution in [0.2, 0.25) is 0 Å². The van der Waals surface area contributed by atoms with Gasteiger partial charge in [0.1, 0.15) is 5.75 Å². The number of hydrogen-bond donors (Lipinski definition) is 1. The number of ketones is 1. The number of hydrogen-bond acceptors (Lipinski definition) is 7. The highest BCUT2D eigenvalue weighted by Gasteiger charge is 2.33. The number of benzene rings is 3. The minimum atomic E-state index is -0.698. The van der Waals surface area contributed by atoms with Crippen LogP contribution in [0.15, 0.2) is 75.7 Å². The van der Waals surface area contributed by atoms with Gasteiger partial charge in [-0.3, -0.25) is 14.2 Å². The number of thiazole rings is 1. The molecule has 2 heterocycles. The van der Waals surface area contributed by atoms with Crippen molar-refractivity contribution in [2.75, 3.05) is 13.7 Å². The van der Waals surface area contributed by atoms with E-state index in [9.17, 15) is 14.7 Å². The van der Waals surface area contributed by atoms with E-state index in [0.29, 0.717) is 44.3 Å². The van der Waals surface area contributed by atoms with Gasteiger partial charge in [-0.1, -0.05) is 47.7 Å². The van der Waals surface area contributed by atoms with Crippen molar-refractivity contribution in [1.29, 1.82) is 0 Å². The monoisotopic (exact) mass is 514 g/mol. The predicted octanol–water partition coefficient (Wildman–Crippen LogP) is 4.09. The predicted molar refractivity (Wildman–Crippen MR) is 144 cm³/mol. The van der Waals surface area contributed by atoms with Gasteiger partial charge in [-0.2, -0.15) is 0 Å². The second kappa shape index (κ2) is 9.71. The van der Waals surface area contributed by atoms with Crippen molar-refractivity contribution in [2.45, 2.75) is 26.8 Å². The minimum Gasteiger partial charge on any atom is -0.504 e. The minimum absolute atomic E-state index is 0.0326. The van der Waals surface area contributed by atoms with Crippen molar-refractivity contribution in [3.63, 3.8) is 0 Å². The van der Waals surface area contributed by atoms with Gasteiger partial charge >= 0.3 is 0 Å². The third kappa shape index (κ3) is 4.23. The molecule has 0 saturated heterocycles. The molecular formula is C29H26N2O5S. The van der Waals surface area contributed by atoms with Crippen LogP contribution in [0.25, 0.3) is 16.8 Å². The molecule has 0 fully saturated rings. The van der Waals surface area contributed by atoms with Gasteiger partial charge < -0.3 is 14.6 Å². The smallest absolute Gasteiger partial charge is 0.271 e. The summed E-state index contributed by atoms with van der Waals surface area (Å²) < 4.78 is 13.3. The summed E-state index contributed by atoms with van der Waals surface area (Å²) in [6.07, 6.45) is 1.75. The third-order valence-electron chi connectivity index (χ3n) is 6.41. The van der Waals surface area contributed by atoms with Crippen LogP contribution in [0.5, 0.6) is 17.2 Å². The van der Waals surface area contributed by atoms with Crippen molar-refractivity contribution in [3.8, 4) is 17.2 Å². The number of rotatable bonds is 6. The van der Waals surface area contributed by atoms with Gasteiger partial charge in [-0.25, -0.2) is 4.99 Å². The first-order valence-electron chi connectivity index (χ1n) is 11.9. The molecule has 0 bridgehead atoms. The molecule has 1 aliphatic rings. The summed E-state index contributed by atoms with van der Waals surface area (Å²) in [5, 5.41) is 11.9. The standard InChI is InChI=1S/C29H26N2O5S/c1-5-36-23-14-18(10-12-21(23)33)15-24-28(34)31-27(25(17(3)32)16(2)30-29(31)37-24)26-20-9-7-6-8-19(20)11-13-22(26)35-4/h6-15,27,33H,5H2,1-4H3/t27-/m0/s1. The molecule has 0 unspecified atom stereocenters. The third-order valence-corrected chi connectivity index (χ3v) is 7.39. The molecule has 0 amide bonds. The van der Waals surface area contributed by atoms with E-state index in [1.54, 1.807) is 36.8 Å². The largest absolute Gasteiger partial charge is 0.504 e. The number of nitrogens with zero attached hydrogens (tertiary/aromatic N) is 2. The Labute approximate surface area is 217 Å². The van der Waals surface area contributed by atoms with Crippen LogP contribution in [0.4, 0.5) is 0 Å². The molecule has 0 aliphatic carbocycles. The lowest BCUT2D eigenvalue weighted by Gasteiger charge is -2.27. The van der Waals surface area contributed by atoms with E-state index in [1.807, 2.05) is 43.3 Å². The van der Waals surface area contributed by atoms with Crippen LogP contribution < -0.4 is 24.4 Å². The van der Waals surface area contributed by atoms with Gasteiger partial charge in [0.2, 0.25) is 0 Å². The van der Waals surface area contributed by atoms with Crippen molar-refractivity contribution in [1.82, 2.24) is 4.57 Å². The number of allylic oxidation sites excluding steroid dienone is 2. The number of Topliss-reactive ketones (excluding diaryl/α,β-unsaturated/α-hetero) is 1. The highest BCUT2D eigenvalue weighted by molar-refractivity contribution is 7.07. The number of aromatic nitrogens is 1. The molecule has 7 nitrogen and oxygen atoms in total. The molecule has 37 heavy (non-hydrogen) atoms. The molecule has 1 aliphatic heterocycles. The first-order chi connectivity index (χ1) is 17.8. The Hall–Kier alpha value is -4.17. The fourth-order valence-electron chi connectivity index (χ4n) is 4.82. The summed E-state index contributed by atoms with van der Waals surface area (Å²) in [7, 11) is 1.59. The van der Waals surface area contributed by atoms with Crippen molar-refractivity contribution in [2.24, 2.45) is 4.99 Å². The van der Waals surface area contributed by atoms with Crippen LogP contribution in [0.3, 0.4) is 0 Å². The zero-order valence-electron chi connectivity index (χ0n) is 20.9. The average molecular weight is 515 g/mol. The summed E-state index contributed by atoms with van der Waals surface area (Å²) in [6, 6.07) is 15.9. The molecule has 0 radical (unpaired) electrons. The summed E-state index contributed by atoms with van der Waals surface area (Å²) in [5.74, 6) is 0.810. The number of carbonyl (C=O) groups is 1. The second-order valence-corrected chi connectivity index (χ2v) is 9.71. The molecule has 3 aromatic carbocycles. The number of phenolic OH excluding ortho intramolecular Hbond substituents is 1. The molecule has 0 spiro atoms. The lowest BCUT2D eigenvalue weighted by Crippen LogP contribution is -2.39. The van der Waals surface area contributed by atoms with E-state index in [4.69, 9.17) is 9.47 Å². The maximum absolute atomic E-state index is 13.9. The average Bonchev–Trinajstić information content (AvgIpc) is 3.18. The van der Waals surface area contributed by atoms with E-state index in [2.05, 4.69) is 4.99 Å². The lowest BCUT2D eigenvalue weighted by molar-refractivity contribution is -0.114. The Kier molecular flexibility index (Phi) is 6.43. The zero-order chi connectivity index (χ0) is 26.3. The van der Waals surface area contributed by atoms with Crippen LogP contribution in [-0.4, -0.2) is 29.2 Å². The van der Waals surface area contributed by atoms with Gasteiger partial charge in [-0.15, -0.1) is 0 Å².